The molecule has 0 bridgehead atoms. The van der Waals surface area contributed by atoms with Crippen molar-refractivity contribution < 1.29 is 5.11 Å². The molecule has 0 aromatic heterocycles. The molecular formula is C15H32N2O. The second kappa shape index (κ2) is 8.13. The maximum atomic E-state index is 9.86. The summed E-state index contributed by atoms with van der Waals surface area (Å²) >= 11 is 0. The molecule has 0 amide bonds. The van der Waals surface area contributed by atoms with Crippen LogP contribution < -0.4 is 5.73 Å². The Hall–Kier alpha value is -0.120. The number of aliphatic hydroxyl groups is 1. The highest BCUT2D eigenvalue weighted by molar-refractivity contribution is 4.76. The van der Waals surface area contributed by atoms with Gasteiger partial charge in [0.15, 0.2) is 0 Å². The molecule has 0 aromatic carbocycles. The van der Waals surface area contributed by atoms with Gasteiger partial charge in [0.2, 0.25) is 0 Å². The van der Waals surface area contributed by atoms with Gasteiger partial charge in [-0.2, -0.15) is 0 Å². The Morgan fingerprint density at radius 3 is 2.44 bits per heavy atom. The minimum absolute atomic E-state index is 0.368. The third-order valence-electron chi connectivity index (χ3n) is 4.35. The molecule has 1 saturated carbocycles. The van der Waals surface area contributed by atoms with E-state index < -0.39 is 5.60 Å². The number of unbranched alkanes of at least 4 members (excludes halogenated alkanes) is 1. The van der Waals surface area contributed by atoms with Gasteiger partial charge in [0, 0.05) is 12.6 Å². The highest BCUT2D eigenvalue weighted by atomic mass is 16.3. The lowest BCUT2D eigenvalue weighted by molar-refractivity contribution is 0.0555. The lowest BCUT2D eigenvalue weighted by Crippen LogP contribution is -2.38. The summed E-state index contributed by atoms with van der Waals surface area (Å²) in [5, 5.41) is 9.86. The summed E-state index contributed by atoms with van der Waals surface area (Å²) in [6, 6.07) is 0.818. The molecule has 1 unspecified atom stereocenters. The minimum atomic E-state index is -0.665. The number of hydrogen-bond acceptors (Lipinski definition) is 3. The maximum Gasteiger partial charge on any atom is 0.0741 e. The molecule has 0 heterocycles. The highest BCUT2D eigenvalue weighted by Crippen LogP contribution is 2.23. The monoisotopic (exact) mass is 256 g/mol. The molecule has 1 atom stereocenters. The Morgan fingerprint density at radius 2 is 1.89 bits per heavy atom. The Bertz CT molecular complexity index is 213. The van der Waals surface area contributed by atoms with Crippen molar-refractivity contribution in [1.29, 1.82) is 0 Å². The summed E-state index contributed by atoms with van der Waals surface area (Å²) in [7, 11) is 0. The average molecular weight is 256 g/mol. The fraction of sp³-hybridized carbons (Fsp3) is 1.00. The second-order valence-electron chi connectivity index (χ2n) is 6.08. The van der Waals surface area contributed by atoms with E-state index in [2.05, 4.69) is 11.8 Å². The third-order valence-corrected chi connectivity index (χ3v) is 4.35. The van der Waals surface area contributed by atoms with Gasteiger partial charge in [-0.1, -0.05) is 26.2 Å². The Kier molecular flexibility index (Phi) is 7.20. The van der Waals surface area contributed by atoms with Crippen LogP contribution in [-0.2, 0) is 0 Å². The maximum absolute atomic E-state index is 9.86. The molecule has 0 spiro atoms. The summed E-state index contributed by atoms with van der Waals surface area (Å²) < 4.78 is 0. The second-order valence-corrected chi connectivity index (χ2v) is 6.08. The quantitative estimate of drug-likeness (QED) is 0.656. The standard InChI is InChI=1S/C15H32N2O/c1-3-17(14-9-5-4-6-10-14)12-8-7-11-15(2,18)13-16/h14,18H,3-13,16H2,1-2H3. The molecule has 1 aliphatic carbocycles. The van der Waals surface area contributed by atoms with E-state index in [4.69, 9.17) is 5.73 Å². The first-order chi connectivity index (χ1) is 8.59. The lowest BCUT2D eigenvalue weighted by Gasteiger charge is -2.33. The molecule has 0 saturated heterocycles. The van der Waals surface area contributed by atoms with Gasteiger partial charge in [-0.3, -0.25) is 0 Å². The molecule has 3 nitrogen and oxygen atoms in total. The van der Waals surface area contributed by atoms with Gasteiger partial charge in [-0.05, 0) is 52.1 Å². The molecular weight excluding hydrogens is 224 g/mol. The van der Waals surface area contributed by atoms with Crippen LogP contribution in [0.1, 0.15) is 65.2 Å². The van der Waals surface area contributed by atoms with E-state index in [1.165, 1.54) is 45.1 Å². The van der Waals surface area contributed by atoms with Gasteiger partial charge in [-0.15, -0.1) is 0 Å². The fourth-order valence-electron chi connectivity index (χ4n) is 2.97. The van der Waals surface area contributed by atoms with Crippen LogP contribution >= 0.6 is 0 Å². The van der Waals surface area contributed by atoms with E-state index in [9.17, 15) is 5.11 Å². The number of hydrogen-bond donors (Lipinski definition) is 2. The molecule has 108 valence electrons. The summed E-state index contributed by atoms with van der Waals surface area (Å²) in [6.07, 6.45) is 10.1. The van der Waals surface area contributed by atoms with Crippen molar-refractivity contribution in [3.63, 3.8) is 0 Å². The molecule has 1 rings (SSSR count). The Morgan fingerprint density at radius 1 is 1.22 bits per heavy atom. The van der Waals surface area contributed by atoms with Gasteiger partial charge in [0.1, 0.15) is 0 Å². The van der Waals surface area contributed by atoms with E-state index >= 15 is 0 Å². The minimum Gasteiger partial charge on any atom is -0.389 e. The highest BCUT2D eigenvalue weighted by Gasteiger charge is 2.20. The van der Waals surface area contributed by atoms with E-state index in [0.29, 0.717) is 6.54 Å². The van der Waals surface area contributed by atoms with Crippen LogP contribution in [0, 0.1) is 0 Å². The predicted octanol–water partition coefficient (Wildman–Crippen LogP) is 2.52. The van der Waals surface area contributed by atoms with Crippen LogP contribution in [0.25, 0.3) is 0 Å². The van der Waals surface area contributed by atoms with Crippen LogP contribution in [0.2, 0.25) is 0 Å². The largest absolute Gasteiger partial charge is 0.389 e. The van der Waals surface area contributed by atoms with Crippen molar-refractivity contribution in [2.24, 2.45) is 5.73 Å². The van der Waals surface area contributed by atoms with Crippen LogP contribution in [0.15, 0.2) is 0 Å². The predicted molar refractivity (Wildman–Crippen MR) is 77.6 cm³/mol. The van der Waals surface area contributed by atoms with Crippen molar-refractivity contribution in [2.75, 3.05) is 19.6 Å². The first-order valence-electron chi connectivity index (χ1n) is 7.75. The summed E-state index contributed by atoms with van der Waals surface area (Å²) in [5.74, 6) is 0. The summed E-state index contributed by atoms with van der Waals surface area (Å²) in [5.41, 5.74) is 4.87. The van der Waals surface area contributed by atoms with Crippen molar-refractivity contribution in [1.82, 2.24) is 4.90 Å². The molecule has 1 fully saturated rings. The van der Waals surface area contributed by atoms with Gasteiger partial charge in [0.05, 0.1) is 5.60 Å². The molecule has 18 heavy (non-hydrogen) atoms. The van der Waals surface area contributed by atoms with Gasteiger partial charge < -0.3 is 15.7 Å². The first kappa shape index (κ1) is 15.9. The Balaban J connectivity index is 2.19. The molecule has 0 radical (unpaired) electrons. The van der Waals surface area contributed by atoms with Crippen LogP contribution in [0.5, 0.6) is 0 Å². The van der Waals surface area contributed by atoms with Crippen molar-refractivity contribution in [2.45, 2.75) is 76.9 Å². The first-order valence-corrected chi connectivity index (χ1v) is 7.75. The molecule has 3 heteroatoms. The lowest BCUT2D eigenvalue weighted by atomic mass is 9.93. The van der Waals surface area contributed by atoms with Crippen molar-refractivity contribution >= 4 is 0 Å². The zero-order valence-electron chi connectivity index (χ0n) is 12.3. The van der Waals surface area contributed by atoms with E-state index in [0.717, 1.165) is 25.4 Å². The zero-order valence-corrected chi connectivity index (χ0v) is 12.3. The van der Waals surface area contributed by atoms with E-state index in [1.807, 2.05) is 6.92 Å². The molecule has 0 aliphatic heterocycles. The van der Waals surface area contributed by atoms with Crippen molar-refractivity contribution in [3.8, 4) is 0 Å². The molecule has 0 aromatic rings. The third kappa shape index (κ3) is 5.68. The van der Waals surface area contributed by atoms with Gasteiger partial charge >= 0.3 is 0 Å². The van der Waals surface area contributed by atoms with E-state index in [1.54, 1.807) is 0 Å². The van der Waals surface area contributed by atoms with Gasteiger partial charge in [0.25, 0.3) is 0 Å². The Labute approximate surface area is 113 Å². The van der Waals surface area contributed by atoms with E-state index in [-0.39, 0.29) is 0 Å². The fourth-order valence-corrected chi connectivity index (χ4v) is 2.97. The van der Waals surface area contributed by atoms with Crippen LogP contribution in [0.3, 0.4) is 0 Å². The average Bonchev–Trinajstić information content (AvgIpc) is 2.40. The zero-order chi connectivity index (χ0) is 13.4. The van der Waals surface area contributed by atoms with Crippen LogP contribution in [-0.4, -0.2) is 41.3 Å². The topological polar surface area (TPSA) is 49.5 Å². The van der Waals surface area contributed by atoms with Gasteiger partial charge in [-0.25, -0.2) is 0 Å². The number of nitrogens with zero attached hydrogens (tertiary/aromatic N) is 1. The normalized spacial score (nSPS) is 21.2. The molecule has 1 aliphatic rings. The SMILES string of the molecule is CCN(CCCCC(C)(O)CN)C1CCCCC1. The summed E-state index contributed by atoms with van der Waals surface area (Å²) in [4.78, 5) is 2.64. The summed E-state index contributed by atoms with van der Waals surface area (Å²) in [6.45, 7) is 6.82. The van der Waals surface area contributed by atoms with Crippen LogP contribution in [0.4, 0.5) is 0 Å². The number of nitrogens with two attached hydrogens (primary N) is 1. The number of rotatable bonds is 8. The van der Waals surface area contributed by atoms with Crippen molar-refractivity contribution in [3.05, 3.63) is 0 Å². The smallest absolute Gasteiger partial charge is 0.0741 e. The molecule has 3 N–H and O–H groups in total.